The maximum absolute atomic E-state index is 13.7. The predicted molar refractivity (Wildman–Crippen MR) is 73.4 cm³/mol. The largest absolute Gasteiger partial charge is 0.399 e. The van der Waals surface area contributed by atoms with Crippen molar-refractivity contribution in [2.75, 3.05) is 5.73 Å². The molecule has 2 aromatic rings. The van der Waals surface area contributed by atoms with Gasteiger partial charge >= 0.3 is 0 Å². The van der Waals surface area contributed by atoms with E-state index in [4.69, 9.17) is 17.3 Å². The molecule has 2 aromatic carbocycles. The van der Waals surface area contributed by atoms with E-state index < -0.39 is 11.6 Å². The minimum Gasteiger partial charge on any atom is -0.399 e. The maximum atomic E-state index is 13.7. The lowest BCUT2D eigenvalue weighted by atomic mass is 10.0. The number of carbonyl (C=O) groups is 1. The van der Waals surface area contributed by atoms with Crippen molar-refractivity contribution >= 4 is 39.0 Å². The molecule has 0 bridgehead atoms. The first-order chi connectivity index (χ1) is 8.50. The summed E-state index contributed by atoms with van der Waals surface area (Å²) < 4.78 is 14.1. The molecule has 2 nitrogen and oxygen atoms in total. The summed E-state index contributed by atoms with van der Waals surface area (Å²) in [6.07, 6.45) is 0. The maximum Gasteiger partial charge on any atom is 0.198 e. The van der Waals surface area contributed by atoms with Crippen molar-refractivity contribution in [1.82, 2.24) is 0 Å². The topological polar surface area (TPSA) is 43.1 Å². The number of carbonyl (C=O) groups excluding carboxylic acids is 1. The molecular formula is C13H8BrClFNO. The van der Waals surface area contributed by atoms with Gasteiger partial charge in [0.25, 0.3) is 0 Å². The van der Waals surface area contributed by atoms with Gasteiger partial charge in [-0.3, -0.25) is 4.79 Å². The van der Waals surface area contributed by atoms with E-state index >= 15 is 0 Å². The molecule has 2 rings (SSSR count). The highest BCUT2D eigenvalue weighted by Gasteiger charge is 2.19. The lowest BCUT2D eigenvalue weighted by Gasteiger charge is -2.07. The van der Waals surface area contributed by atoms with E-state index in [1.807, 2.05) is 0 Å². The monoisotopic (exact) mass is 327 g/mol. The Balaban J connectivity index is 2.55. The fourth-order valence-corrected chi connectivity index (χ4v) is 2.36. The number of halogens is 3. The van der Waals surface area contributed by atoms with Crippen LogP contribution in [0.25, 0.3) is 0 Å². The first kappa shape index (κ1) is 13.1. The molecule has 0 aromatic heterocycles. The highest BCUT2D eigenvalue weighted by molar-refractivity contribution is 9.10. The quantitative estimate of drug-likeness (QED) is 0.667. The van der Waals surface area contributed by atoms with Crippen LogP contribution in [0.2, 0.25) is 5.02 Å². The number of hydrogen-bond donors (Lipinski definition) is 1. The molecule has 0 spiro atoms. The van der Waals surface area contributed by atoms with Crippen molar-refractivity contribution in [3.8, 4) is 0 Å². The number of hydrogen-bond acceptors (Lipinski definition) is 2. The van der Waals surface area contributed by atoms with Gasteiger partial charge in [0, 0.05) is 15.7 Å². The third-order valence-corrected chi connectivity index (χ3v) is 3.40. The van der Waals surface area contributed by atoms with Gasteiger partial charge < -0.3 is 5.73 Å². The molecule has 0 fully saturated rings. The van der Waals surface area contributed by atoms with Crippen molar-refractivity contribution in [2.24, 2.45) is 0 Å². The van der Waals surface area contributed by atoms with Crippen molar-refractivity contribution < 1.29 is 9.18 Å². The molecule has 5 heteroatoms. The second kappa shape index (κ2) is 5.08. The zero-order valence-electron chi connectivity index (χ0n) is 9.08. The van der Waals surface area contributed by atoms with Crippen LogP contribution in [0.15, 0.2) is 40.9 Å². The highest BCUT2D eigenvalue weighted by Crippen LogP contribution is 2.27. The molecule has 18 heavy (non-hydrogen) atoms. The molecule has 0 saturated carbocycles. The molecule has 0 heterocycles. The van der Waals surface area contributed by atoms with Crippen LogP contribution in [0.1, 0.15) is 15.9 Å². The predicted octanol–water partition coefficient (Wildman–Crippen LogP) is 4.05. The van der Waals surface area contributed by atoms with Crippen LogP contribution >= 0.6 is 27.5 Å². The van der Waals surface area contributed by atoms with Gasteiger partial charge in [-0.1, -0.05) is 17.7 Å². The molecule has 0 aliphatic carbocycles. The molecule has 92 valence electrons. The summed E-state index contributed by atoms with van der Waals surface area (Å²) in [5, 5.41) is 0.204. The number of nitrogens with two attached hydrogens (primary N) is 1. The van der Waals surface area contributed by atoms with Crippen LogP contribution in [0.4, 0.5) is 10.1 Å². The van der Waals surface area contributed by atoms with E-state index in [-0.39, 0.29) is 16.1 Å². The van der Waals surface area contributed by atoms with Crippen molar-refractivity contribution in [1.29, 1.82) is 0 Å². The van der Waals surface area contributed by atoms with Gasteiger partial charge in [-0.05, 0) is 46.3 Å². The summed E-state index contributed by atoms with van der Waals surface area (Å²) >= 11 is 9.10. The molecule has 0 atom stereocenters. The number of benzene rings is 2. The molecule has 0 amide bonds. The fraction of sp³-hybridized carbons (Fsp3) is 0. The van der Waals surface area contributed by atoms with Crippen LogP contribution < -0.4 is 5.73 Å². The van der Waals surface area contributed by atoms with Gasteiger partial charge in [0.2, 0.25) is 0 Å². The third kappa shape index (κ3) is 2.40. The Morgan fingerprint density at radius 2 is 2.00 bits per heavy atom. The van der Waals surface area contributed by atoms with Gasteiger partial charge in [0.15, 0.2) is 5.78 Å². The minimum absolute atomic E-state index is 0.0378. The van der Waals surface area contributed by atoms with Crippen LogP contribution in [0.3, 0.4) is 0 Å². The van der Waals surface area contributed by atoms with Crippen LogP contribution in [-0.2, 0) is 0 Å². The highest BCUT2D eigenvalue weighted by atomic mass is 79.9. The lowest BCUT2D eigenvalue weighted by molar-refractivity contribution is 0.103. The Morgan fingerprint density at radius 3 is 2.61 bits per heavy atom. The van der Waals surface area contributed by atoms with Crippen molar-refractivity contribution in [2.45, 2.75) is 0 Å². The number of anilines is 1. The average Bonchev–Trinajstić information content (AvgIpc) is 2.28. The van der Waals surface area contributed by atoms with Crippen LogP contribution in [-0.4, -0.2) is 5.78 Å². The standard InChI is InChI=1S/C13H8BrClFNO/c14-9-2-1-3-11(16)12(9)13(18)8-5-4-7(17)6-10(8)15/h1-6H,17H2. The third-order valence-electron chi connectivity index (χ3n) is 2.43. The average molecular weight is 329 g/mol. The zero-order valence-corrected chi connectivity index (χ0v) is 11.4. The van der Waals surface area contributed by atoms with E-state index in [0.29, 0.717) is 10.2 Å². The normalized spacial score (nSPS) is 10.4. The zero-order chi connectivity index (χ0) is 13.3. The summed E-state index contributed by atoms with van der Waals surface area (Å²) in [5.74, 6) is -1.08. The van der Waals surface area contributed by atoms with Gasteiger partial charge in [-0.2, -0.15) is 0 Å². The number of rotatable bonds is 2. The molecule has 0 unspecified atom stereocenters. The summed E-state index contributed by atoms with van der Waals surface area (Å²) in [5.41, 5.74) is 6.18. The summed E-state index contributed by atoms with van der Waals surface area (Å²) in [4.78, 5) is 12.2. The summed E-state index contributed by atoms with van der Waals surface area (Å²) in [7, 11) is 0. The van der Waals surface area contributed by atoms with E-state index in [1.54, 1.807) is 12.1 Å². The van der Waals surface area contributed by atoms with E-state index in [2.05, 4.69) is 15.9 Å². The van der Waals surface area contributed by atoms with Crippen molar-refractivity contribution in [3.63, 3.8) is 0 Å². The van der Waals surface area contributed by atoms with Crippen LogP contribution in [0, 0.1) is 5.82 Å². The first-order valence-corrected chi connectivity index (χ1v) is 6.21. The SMILES string of the molecule is Nc1ccc(C(=O)c2c(F)cccc2Br)c(Cl)c1. The molecule has 0 aliphatic heterocycles. The summed E-state index contributed by atoms with van der Waals surface area (Å²) in [6.45, 7) is 0. The van der Waals surface area contributed by atoms with E-state index in [9.17, 15) is 9.18 Å². The van der Waals surface area contributed by atoms with E-state index in [0.717, 1.165) is 0 Å². The van der Waals surface area contributed by atoms with Gasteiger partial charge in [0.1, 0.15) is 5.82 Å². The molecule has 0 radical (unpaired) electrons. The Hall–Kier alpha value is -1.39. The van der Waals surface area contributed by atoms with Crippen molar-refractivity contribution in [3.05, 3.63) is 62.8 Å². The Bertz CT molecular complexity index is 610. The second-order valence-electron chi connectivity index (χ2n) is 3.67. The first-order valence-electron chi connectivity index (χ1n) is 5.04. The number of ketones is 1. The second-order valence-corrected chi connectivity index (χ2v) is 4.93. The Labute approximate surface area is 117 Å². The van der Waals surface area contributed by atoms with E-state index in [1.165, 1.54) is 24.3 Å². The smallest absolute Gasteiger partial charge is 0.198 e. The lowest BCUT2D eigenvalue weighted by Crippen LogP contribution is -2.06. The summed E-state index contributed by atoms with van der Waals surface area (Å²) in [6, 6.07) is 8.84. The van der Waals surface area contributed by atoms with Gasteiger partial charge in [-0.15, -0.1) is 0 Å². The van der Waals surface area contributed by atoms with Gasteiger partial charge in [-0.25, -0.2) is 4.39 Å². The number of nitrogen functional groups attached to an aromatic ring is 1. The molecular weight excluding hydrogens is 321 g/mol. The Kier molecular flexibility index (Phi) is 3.68. The Morgan fingerprint density at radius 1 is 1.28 bits per heavy atom. The molecule has 2 N–H and O–H groups in total. The molecule has 0 saturated heterocycles. The molecule has 0 aliphatic rings. The van der Waals surface area contributed by atoms with Crippen LogP contribution in [0.5, 0.6) is 0 Å². The minimum atomic E-state index is -0.595. The fourth-order valence-electron chi connectivity index (χ4n) is 1.56. The van der Waals surface area contributed by atoms with Gasteiger partial charge in [0.05, 0.1) is 10.6 Å².